The van der Waals surface area contributed by atoms with Gasteiger partial charge in [-0.25, -0.2) is 0 Å². The molecule has 0 bridgehead atoms. The van der Waals surface area contributed by atoms with E-state index in [2.05, 4.69) is 0 Å². The quantitative estimate of drug-likeness (QED) is 0.0607. The summed E-state index contributed by atoms with van der Waals surface area (Å²) in [7, 11) is 0. The zero-order valence-electron chi connectivity index (χ0n) is 20.2. The fourth-order valence-corrected chi connectivity index (χ4v) is 11.3. The Kier molecular flexibility index (Phi) is 13.7. The Balaban J connectivity index is 4.62. The van der Waals surface area contributed by atoms with Gasteiger partial charge in [0, 0.05) is 37.7 Å². The number of nitrogens with zero attached hydrogens (tertiary/aromatic N) is 1. The second kappa shape index (κ2) is 14.6. The molecular weight excluding hydrogens is 851 g/mol. The first-order valence-electron chi connectivity index (χ1n) is 11.1. The number of carbonyl (C=O) groups excluding carboxylic acids is 3. The van der Waals surface area contributed by atoms with Gasteiger partial charge >= 0.3 is 0 Å². The lowest BCUT2D eigenvalue weighted by atomic mass is 9.55. The summed E-state index contributed by atoms with van der Waals surface area (Å²) in [6, 6.07) is 0. The number of halogens is 3. The minimum absolute atomic E-state index is 0.0907. The first kappa shape index (κ1) is 35.8. The Hall–Kier alpha value is -0.240. The van der Waals surface area contributed by atoms with Crippen LogP contribution in [0.15, 0.2) is 18.4 Å². The van der Waals surface area contributed by atoms with Crippen molar-refractivity contribution in [3.8, 4) is 0 Å². The smallest absolute Gasteiger partial charge is 0.255 e. The van der Waals surface area contributed by atoms with E-state index in [9.17, 15) is 55.2 Å². The molecule has 0 saturated carbocycles. The Labute approximate surface area is 259 Å². The number of alkyl halides is 1. The first-order valence-corrected chi connectivity index (χ1v) is 14.4. The van der Waals surface area contributed by atoms with E-state index in [1.165, 1.54) is 0 Å². The van der Waals surface area contributed by atoms with Crippen LogP contribution in [0, 0.1) is 17.3 Å². The van der Waals surface area contributed by atoms with E-state index in [0.717, 1.165) is 11.8 Å². The highest BCUT2D eigenvalue weighted by atomic mass is 127. The molecule has 1 aliphatic rings. The number of hydrogen-bond acceptors (Lipinski definition) is 11. The zero-order chi connectivity index (χ0) is 29.7. The molecule has 0 fully saturated rings. The van der Waals surface area contributed by atoms with Crippen LogP contribution in [-0.2, 0) is 14.4 Å². The molecule has 0 heterocycles. The molecule has 1 rings (SSSR count). The summed E-state index contributed by atoms with van der Waals surface area (Å²) in [5.74, 6) is -6.78. The van der Waals surface area contributed by atoms with Crippen LogP contribution in [0.1, 0.15) is 6.92 Å². The largest absolute Gasteiger partial charge is 0.396 e. The number of aliphatic hydroxyl groups is 8. The highest BCUT2D eigenvalue weighted by Gasteiger charge is 2.70. The van der Waals surface area contributed by atoms with E-state index in [-0.39, 0.29) is 12.9 Å². The lowest BCUT2D eigenvalue weighted by Gasteiger charge is -2.57. The summed E-state index contributed by atoms with van der Waals surface area (Å²) in [4.78, 5) is 40.6. The van der Waals surface area contributed by atoms with Gasteiger partial charge in [0.25, 0.3) is 5.91 Å². The van der Waals surface area contributed by atoms with E-state index in [0.29, 0.717) is 0 Å². The molecule has 17 heteroatoms. The van der Waals surface area contributed by atoms with E-state index in [4.69, 9.17) is 11.5 Å². The van der Waals surface area contributed by atoms with Crippen LogP contribution in [-0.4, -0.2) is 125 Å². The molecule has 0 radical (unpaired) electrons. The molecule has 1 aliphatic carbocycles. The van der Waals surface area contributed by atoms with Crippen molar-refractivity contribution >= 4 is 85.5 Å². The number of primary amides is 2. The molecule has 0 aromatic rings. The predicted octanol–water partition coefficient (Wildman–Crippen LogP) is -3.41. The summed E-state index contributed by atoms with van der Waals surface area (Å²) in [6.45, 7) is -3.88. The molecular formula is C21H32I3N3O11. The average Bonchev–Trinajstić information content (AvgIpc) is 2.84. The summed E-state index contributed by atoms with van der Waals surface area (Å²) in [6.07, 6.45) is -5.29. The minimum Gasteiger partial charge on any atom is -0.396 e. The normalized spacial score (nSPS) is 26.0. The fourth-order valence-electron chi connectivity index (χ4n) is 4.80. The monoisotopic (exact) mass is 883 g/mol. The topological polar surface area (TPSA) is 268 Å². The van der Waals surface area contributed by atoms with E-state index >= 15 is 0 Å². The number of carbonyl (C=O) groups is 3. The van der Waals surface area contributed by atoms with Gasteiger partial charge in [0.2, 0.25) is 11.8 Å². The van der Waals surface area contributed by atoms with Crippen molar-refractivity contribution < 1.29 is 55.2 Å². The predicted molar refractivity (Wildman–Crippen MR) is 157 cm³/mol. The molecule has 38 heavy (non-hydrogen) atoms. The molecule has 0 spiro atoms. The van der Waals surface area contributed by atoms with Crippen molar-refractivity contribution in [2.24, 2.45) is 28.7 Å². The van der Waals surface area contributed by atoms with Gasteiger partial charge in [-0.3, -0.25) is 14.4 Å². The van der Waals surface area contributed by atoms with Crippen LogP contribution < -0.4 is 11.5 Å². The summed E-state index contributed by atoms with van der Waals surface area (Å²) in [5.41, 5.74) is 8.57. The highest BCUT2D eigenvalue weighted by Crippen LogP contribution is 2.65. The van der Waals surface area contributed by atoms with Crippen molar-refractivity contribution in [1.82, 2.24) is 4.90 Å². The van der Waals surface area contributed by atoms with Crippen LogP contribution in [0.4, 0.5) is 0 Å². The van der Waals surface area contributed by atoms with Crippen LogP contribution in [0.25, 0.3) is 0 Å². The van der Waals surface area contributed by atoms with Gasteiger partial charge < -0.3 is 57.2 Å². The third-order valence-electron chi connectivity index (χ3n) is 6.53. The molecule has 3 amide bonds. The summed E-state index contributed by atoms with van der Waals surface area (Å²) < 4.78 is -2.48. The van der Waals surface area contributed by atoms with Crippen LogP contribution >= 0.6 is 67.8 Å². The maximum atomic E-state index is 13.6. The summed E-state index contributed by atoms with van der Waals surface area (Å²) in [5, 5.41) is 81.6. The van der Waals surface area contributed by atoms with Crippen LogP contribution in [0.3, 0.4) is 0 Å². The minimum atomic E-state index is -2.48. The van der Waals surface area contributed by atoms with Gasteiger partial charge in [0.1, 0.15) is 11.5 Å². The number of hydrogen-bond donors (Lipinski definition) is 10. The fraction of sp³-hybridized carbons (Fsp3) is 0.667. The number of nitrogens with two attached hydrogens (primary N) is 2. The third kappa shape index (κ3) is 5.87. The molecule has 12 N–H and O–H groups in total. The van der Waals surface area contributed by atoms with Gasteiger partial charge in [-0.2, -0.15) is 0 Å². The van der Waals surface area contributed by atoms with Crippen molar-refractivity contribution in [1.29, 1.82) is 0 Å². The van der Waals surface area contributed by atoms with Gasteiger partial charge in [0.15, 0.2) is 0 Å². The SMILES string of the molecule is CC(O)C(=O)N(CCO)C1=C(I)C(C(N)=O)(C(CO)C(O)CO)C(I)(C(CO)C(O)CO)C(C(N)=O)=C1I. The Morgan fingerprint density at radius 1 is 0.895 bits per heavy atom. The molecule has 7 unspecified atom stereocenters. The second-order valence-corrected chi connectivity index (χ2v) is 12.4. The van der Waals surface area contributed by atoms with E-state index in [1.807, 2.05) is 0 Å². The van der Waals surface area contributed by atoms with E-state index in [1.54, 1.807) is 67.8 Å². The Morgan fingerprint density at radius 2 is 1.37 bits per heavy atom. The standard InChI is InChI=1S/C21H32I3N3O11/c1-8(33)18(37)27(2-3-28)15-14(22)13(17(25)36)21(24,10(5-30)12(35)7-32)20(16(15)23,19(26)38)9(4-29)11(34)6-31/h8-12,28-35H,2-7H2,1H3,(H2,25,36)(H2,26,38). The average molecular weight is 883 g/mol. The molecule has 14 nitrogen and oxygen atoms in total. The van der Waals surface area contributed by atoms with Crippen molar-refractivity contribution in [2.75, 3.05) is 39.6 Å². The maximum Gasteiger partial charge on any atom is 0.255 e. The van der Waals surface area contributed by atoms with Crippen molar-refractivity contribution in [3.63, 3.8) is 0 Å². The Morgan fingerprint density at radius 3 is 1.71 bits per heavy atom. The number of amides is 3. The van der Waals surface area contributed by atoms with Crippen LogP contribution in [0.2, 0.25) is 0 Å². The lowest BCUT2D eigenvalue weighted by molar-refractivity contribution is -0.141. The number of aliphatic hydroxyl groups excluding tert-OH is 8. The lowest BCUT2D eigenvalue weighted by Crippen LogP contribution is -2.69. The summed E-state index contributed by atoms with van der Waals surface area (Å²) >= 11 is 4.80. The highest BCUT2D eigenvalue weighted by molar-refractivity contribution is 14.1. The molecule has 0 aromatic heterocycles. The Bertz CT molecular complexity index is 979. The zero-order valence-corrected chi connectivity index (χ0v) is 26.6. The first-order chi connectivity index (χ1) is 17.6. The molecule has 218 valence electrons. The molecule has 0 saturated heterocycles. The molecule has 7 atom stereocenters. The molecule has 0 aromatic carbocycles. The van der Waals surface area contributed by atoms with Crippen LogP contribution in [0.5, 0.6) is 0 Å². The number of rotatable bonds is 14. The molecule has 0 aliphatic heterocycles. The van der Waals surface area contributed by atoms with Gasteiger partial charge in [0.05, 0.1) is 47.8 Å². The van der Waals surface area contributed by atoms with Gasteiger partial charge in [-0.15, -0.1) is 0 Å². The van der Waals surface area contributed by atoms with Crippen molar-refractivity contribution in [2.45, 2.75) is 28.7 Å². The second-order valence-electron chi connectivity index (χ2n) is 8.57. The number of allylic oxidation sites excluding steroid dienone is 1. The van der Waals surface area contributed by atoms with Gasteiger partial charge in [-0.1, -0.05) is 22.6 Å². The maximum absolute atomic E-state index is 13.6. The van der Waals surface area contributed by atoms with Crippen molar-refractivity contribution in [3.05, 3.63) is 18.4 Å². The van der Waals surface area contributed by atoms with E-state index < -0.39 is 102 Å². The third-order valence-corrected chi connectivity index (χ3v) is 11.1. The van der Waals surface area contributed by atoms with Gasteiger partial charge in [-0.05, 0) is 52.1 Å².